The van der Waals surface area contributed by atoms with E-state index in [9.17, 15) is 5.26 Å². The van der Waals surface area contributed by atoms with Crippen molar-refractivity contribution in [3.05, 3.63) is 32.9 Å². The summed E-state index contributed by atoms with van der Waals surface area (Å²) in [7, 11) is 5.35. The maximum absolute atomic E-state index is 9.42. The highest BCUT2D eigenvalue weighted by Gasteiger charge is 2.21. The minimum absolute atomic E-state index is 0.214. The Bertz CT molecular complexity index is 725. The number of allylic oxidation sites excluding steroid dienone is 1. The van der Waals surface area contributed by atoms with E-state index in [0.717, 1.165) is 9.88 Å². The molecule has 2 aromatic rings. The van der Waals surface area contributed by atoms with Crippen LogP contribution in [0.3, 0.4) is 0 Å². The van der Waals surface area contributed by atoms with Gasteiger partial charge in [-0.3, -0.25) is 0 Å². The van der Waals surface area contributed by atoms with Gasteiger partial charge >= 0.3 is 8.05 Å². The first kappa shape index (κ1) is 14.3. The lowest BCUT2D eigenvalue weighted by Crippen LogP contribution is -1.98. The molecule has 2 rings (SSSR count). The summed E-state index contributed by atoms with van der Waals surface area (Å²) >= 11 is 1.51. The molecule has 7 heteroatoms. The molecule has 2 aromatic heterocycles. The zero-order valence-electron chi connectivity index (χ0n) is 11.6. The van der Waals surface area contributed by atoms with Crippen molar-refractivity contribution in [1.29, 1.82) is 5.26 Å². The van der Waals surface area contributed by atoms with E-state index in [2.05, 4.69) is 16.0 Å². The van der Waals surface area contributed by atoms with Gasteiger partial charge in [0, 0.05) is 11.8 Å². The highest BCUT2D eigenvalue weighted by Crippen LogP contribution is 2.31. The van der Waals surface area contributed by atoms with Gasteiger partial charge in [-0.05, 0) is 20.8 Å². The Balaban J connectivity index is 2.69. The van der Waals surface area contributed by atoms with Gasteiger partial charge in [0.15, 0.2) is 5.89 Å². The van der Waals surface area contributed by atoms with Crippen molar-refractivity contribution < 1.29 is 9.07 Å². The van der Waals surface area contributed by atoms with E-state index < -0.39 is 0 Å². The van der Waals surface area contributed by atoms with Gasteiger partial charge in [0.2, 0.25) is 0 Å². The molecular formula is C13H12BN3O2S. The van der Waals surface area contributed by atoms with Crippen LogP contribution in [-0.2, 0) is 4.65 Å². The molecule has 0 saturated carbocycles. The number of thiazole rings is 1. The Kier molecular flexibility index (Phi) is 3.95. The van der Waals surface area contributed by atoms with E-state index in [-0.39, 0.29) is 11.3 Å². The molecule has 0 aromatic carbocycles. The van der Waals surface area contributed by atoms with Crippen molar-refractivity contribution in [2.75, 3.05) is 0 Å². The van der Waals surface area contributed by atoms with E-state index in [4.69, 9.17) is 17.1 Å². The van der Waals surface area contributed by atoms with E-state index in [1.807, 2.05) is 13.8 Å². The van der Waals surface area contributed by atoms with Crippen molar-refractivity contribution in [1.82, 2.24) is 9.97 Å². The van der Waals surface area contributed by atoms with Gasteiger partial charge in [0.05, 0.1) is 5.01 Å². The van der Waals surface area contributed by atoms with Crippen molar-refractivity contribution >= 4 is 30.7 Å². The van der Waals surface area contributed by atoms with Crippen LogP contribution < -0.4 is 0 Å². The first-order chi connectivity index (χ1) is 9.47. The summed E-state index contributed by atoms with van der Waals surface area (Å²) in [6, 6.07) is 2.08. The third-order valence-electron chi connectivity index (χ3n) is 2.72. The summed E-state index contributed by atoms with van der Waals surface area (Å²) in [6.45, 7) is 7.23. The fourth-order valence-electron chi connectivity index (χ4n) is 1.94. The van der Waals surface area contributed by atoms with Crippen LogP contribution in [0.1, 0.15) is 32.9 Å². The molecule has 2 heterocycles. The molecule has 0 bridgehead atoms. The Labute approximate surface area is 122 Å². The van der Waals surface area contributed by atoms with E-state index in [1.165, 1.54) is 11.3 Å². The Hall–Kier alpha value is -2.07. The topological polar surface area (TPSA) is 71.9 Å². The fourth-order valence-corrected chi connectivity index (χ4v) is 2.76. The Morgan fingerprint density at radius 3 is 2.35 bits per heavy atom. The highest BCUT2D eigenvalue weighted by molar-refractivity contribution is 7.11. The molecule has 0 fully saturated rings. The van der Waals surface area contributed by atoms with Crippen LogP contribution in [0.4, 0.5) is 0 Å². The van der Waals surface area contributed by atoms with Crippen LogP contribution in [0.5, 0.6) is 0 Å². The molecule has 0 aliphatic carbocycles. The minimum Gasteiger partial charge on any atom is -0.565 e. The monoisotopic (exact) mass is 285 g/mol. The van der Waals surface area contributed by atoms with Crippen LogP contribution in [0.25, 0.3) is 11.3 Å². The second-order valence-corrected chi connectivity index (χ2v) is 5.62. The molecule has 0 saturated heterocycles. The van der Waals surface area contributed by atoms with Crippen LogP contribution >= 0.6 is 11.3 Å². The Morgan fingerprint density at radius 2 is 1.95 bits per heavy atom. The van der Waals surface area contributed by atoms with Gasteiger partial charge in [0.1, 0.15) is 34.5 Å². The molecule has 0 aliphatic heterocycles. The lowest BCUT2D eigenvalue weighted by Gasteiger charge is -2.07. The standard InChI is InChI=1S/C13H12BN3O2S/c1-6-11(16-8(3)18-6)10(5-15)13(19-14)12-7(2)20-9(4)17-12/h1-4H3. The molecule has 0 atom stereocenters. The van der Waals surface area contributed by atoms with E-state index >= 15 is 0 Å². The van der Waals surface area contributed by atoms with Crippen molar-refractivity contribution in [2.24, 2.45) is 0 Å². The minimum atomic E-state index is 0.214. The van der Waals surface area contributed by atoms with Crippen molar-refractivity contribution in [3.8, 4) is 6.07 Å². The molecule has 100 valence electrons. The number of aromatic nitrogens is 2. The first-order valence-corrected chi connectivity index (χ1v) is 6.69. The number of rotatable bonds is 3. The molecule has 0 unspecified atom stereocenters. The summed E-state index contributed by atoms with van der Waals surface area (Å²) in [4.78, 5) is 9.49. The predicted octanol–water partition coefficient (Wildman–Crippen LogP) is 2.86. The quantitative estimate of drug-likeness (QED) is 0.492. The largest absolute Gasteiger partial charge is 0.565 e. The number of oxazole rings is 1. The summed E-state index contributed by atoms with van der Waals surface area (Å²) < 4.78 is 10.3. The number of hydrogen-bond acceptors (Lipinski definition) is 6. The zero-order chi connectivity index (χ0) is 14.9. The number of nitrogens with zero attached hydrogens (tertiary/aromatic N) is 3. The van der Waals surface area contributed by atoms with Gasteiger partial charge in [-0.15, -0.1) is 11.3 Å². The average Bonchev–Trinajstić information content (AvgIpc) is 2.88. The summed E-state index contributed by atoms with van der Waals surface area (Å²) in [6.07, 6.45) is 0. The number of nitriles is 1. The molecule has 2 radical (unpaired) electrons. The van der Waals surface area contributed by atoms with Gasteiger partial charge < -0.3 is 9.07 Å². The normalized spacial score (nSPS) is 11.9. The van der Waals surface area contributed by atoms with Crippen LogP contribution in [0, 0.1) is 39.0 Å². The predicted molar refractivity (Wildman–Crippen MR) is 76.8 cm³/mol. The number of aryl methyl sites for hydroxylation is 4. The second-order valence-electron chi connectivity index (χ2n) is 4.21. The highest BCUT2D eigenvalue weighted by atomic mass is 32.1. The lowest BCUT2D eigenvalue weighted by atomic mass is 10.1. The average molecular weight is 285 g/mol. The lowest BCUT2D eigenvalue weighted by molar-refractivity contribution is 0.494. The molecule has 0 aliphatic rings. The summed E-state index contributed by atoms with van der Waals surface area (Å²) in [5, 5.41) is 10.3. The molecule has 0 amide bonds. The maximum atomic E-state index is 9.42. The smallest absolute Gasteiger partial charge is 0.374 e. The Morgan fingerprint density at radius 1 is 1.25 bits per heavy atom. The summed E-state index contributed by atoms with van der Waals surface area (Å²) in [5.74, 6) is 1.23. The van der Waals surface area contributed by atoms with Gasteiger partial charge in [-0.1, -0.05) is 0 Å². The molecule has 0 N–H and O–H groups in total. The SMILES string of the molecule is [B]OC(=C(C#N)c1nc(C)oc1C)c1nc(C)sc1C. The molecule has 5 nitrogen and oxygen atoms in total. The van der Waals surface area contributed by atoms with E-state index in [0.29, 0.717) is 23.0 Å². The third-order valence-corrected chi connectivity index (χ3v) is 3.60. The van der Waals surface area contributed by atoms with Crippen LogP contribution in [0.15, 0.2) is 4.42 Å². The van der Waals surface area contributed by atoms with Crippen molar-refractivity contribution in [3.63, 3.8) is 0 Å². The number of hydrogen-bond donors (Lipinski definition) is 0. The van der Waals surface area contributed by atoms with E-state index in [1.54, 1.807) is 13.8 Å². The molecule has 20 heavy (non-hydrogen) atoms. The van der Waals surface area contributed by atoms with Crippen LogP contribution in [-0.4, -0.2) is 18.0 Å². The van der Waals surface area contributed by atoms with Gasteiger partial charge in [-0.25, -0.2) is 9.97 Å². The molecular weight excluding hydrogens is 273 g/mol. The summed E-state index contributed by atoms with van der Waals surface area (Å²) in [5.41, 5.74) is 1.21. The second kappa shape index (κ2) is 5.51. The molecule has 0 spiro atoms. The van der Waals surface area contributed by atoms with Crippen LogP contribution in [0.2, 0.25) is 0 Å². The zero-order valence-corrected chi connectivity index (χ0v) is 12.5. The maximum Gasteiger partial charge on any atom is 0.374 e. The van der Waals surface area contributed by atoms with Gasteiger partial charge in [-0.2, -0.15) is 5.26 Å². The first-order valence-electron chi connectivity index (χ1n) is 5.87. The van der Waals surface area contributed by atoms with Gasteiger partial charge in [0.25, 0.3) is 0 Å². The third kappa shape index (κ3) is 2.47. The van der Waals surface area contributed by atoms with Crippen molar-refractivity contribution in [2.45, 2.75) is 27.7 Å². The fraction of sp³-hybridized carbons (Fsp3) is 0.308.